The number of allylic oxidation sites excluding steroid dienone is 1. The van der Waals surface area contributed by atoms with Crippen molar-refractivity contribution in [2.75, 3.05) is 12.3 Å². The number of carboxylic acids is 1. The molecule has 5 heteroatoms. The molecule has 186 valence electrons. The number of para-hydroxylation sites is 1. The first-order valence-corrected chi connectivity index (χ1v) is 12.1. The van der Waals surface area contributed by atoms with Gasteiger partial charge in [-0.2, -0.15) is 0 Å². The molecule has 0 heterocycles. The Hall–Kier alpha value is -2.66. The highest BCUT2D eigenvalue weighted by molar-refractivity contribution is 5.78. The highest BCUT2D eigenvalue weighted by atomic mass is 19.1. The van der Waals surface area contributed by atoms with Crippen LogP contribution in [0.1, 0.15) is 82.7 Å². The Bertz CT molecular complexity index is 1010. The largest absolute Gasteiger partial charge is 0.481 e. The maximum Gasteiger partial charge on any atom is 0.303 e. The second-order valence-corrected chi connectivity index (χ2v) is 10.9. The Morgan fingerprint density at radius 1 is 1.18 bits per heavy atom. The average molecular weight is 469 g/mol. The molecular formula is C29H41FN2O2. The SMILES string of the molecule is C/C(=C(/CC(C)C)c1ccccc1N)[C@H](NCC(C)(C)C)c1c(C)cc(CCC(=O)O)cc1F. The summed E-state index contributed by atoms with van der Waals surface area (Å²) >= 11 is 0. The Morgan fingerprint density at radius 2 is 1.82 bits per heavy atom. The standard InChI is InChI=1S/C29H41FN2O2/c1-18(2)14-23(22-10-8-9-11-25(22)31)20(4)28(32-17-29(5,6)7)27-19(3)15-21(16-24(27)30)12-13-26(33)34/h8-11,15-16,18,28,32H,12-14,17,31H2,1-7H3,(H,33,34)/b23-20+/t28-/m0/s1. The number of nitrogens with one attached hydrogen (secondary N) is 1. The van der Waals surface area contributed by atoms with Crippen LogP contribution in [-0.4, -0.2) is 17.6 Å². The molecule has 0 saturated carbocycles. The summed E-state index contributed by atoms with van der Waals surface area (Å²) in [6.07, 6.45) is 1.11. The van der Waals surface area contributed by atoms with Gasteiger partial charge >= 0.3 is 5.97 Å². The van der Waals surface area contributed by atoms with E-state index in [9.17, 15) is 4.79 Å². The molecule has 0 aliphatic carbocycles. The van der Waals surface area contributed by atoms with Gasteiger partial charge in [-0.15, -0.1) is 0 Å². The Morgan fingerprint density at radius 3 is 2.35 bits per heavy atom. The van der Waals surface area contributed by atoms with Crippen molar-refractivity contribution < 1.29 is 14.3 Å². The first-order valence-electron chi connectivity index (χ1n) is 12.1. The number of nitrogens with two attached hydrogens (primary N) is 1. The number of halogens is 1. The van der Waals surface area contributed by atoms with E-state index in [4.69, 9.17) is 10.8 Å². The minimum Gasteiger partial charge on any atom is -0.481 e. The average Bonchev–Trinajstić information content (AvgIpc) is 2.71. The summed E-state index contributed by atoms with van der Waals surface area (Å²) in [5.41, 5.74) is 12.4. The molecule has 0 unspecified atom stereocenters. The lowest BCUT2D eigenvalue weighted by Gasteiger charge is -2.30. The fourth-order valence-electron chi connectivity index (χ4n) is 4.31. The zero-order chi connectivity index (χ0) is 25.6. The van der Waals surface area contributed by atoms with Gasteiger partial charge in [-0.1, -0.05) is 58.9 Å². The van der Waals surface area contributed by atoms with Crippen LogP contribution >= 0.6 is 0 Å². The van der Waals surface area contributed by atoms with Gasteiger partial charge in [-0.3, -0.25) is 4.79 Å². The molecule has 34 heavy (non-hydrogen) atoms. The third-order valence-electron chi connectivity index (χ3n) is 5.96. The van der Waals surface area contributed by atoms with Gasteiger partial charge in [0.05, 0.1) is 6.04 Å². The molecule has 4 N–H and O–H groups in total. The molecule has 2 aromatic rings. The van der Waals surface area contributed by atoms with E-state index in [1.165, 1.54) is 6.07 Å². The Balaban J connectivity index is 2.67. The molecule has 0 fully saturated rings. The van der Waals surface area contributed by atoms with E-state index < -0.39 is 5.97 Å². The summed E-state index contributed by atoms with van der Waals surface area (Å²) in [6, 6.07) is 10.9. The van der Waals surface area contributed by atoms with Gasteiger partial charge in [0.25, 0.3) is 0 Å². The molecular weight excluding hydrogens is 427 g/mol. The van der Waals surface area contributed by atoms with Crippen molar-refractivity contribution in [3.8, 4) is 0 Å². The van der Waals surface area contributed by atoms with Gasteiger partial charge in [0.1, 0.15) is 5.82 Å². The van der Waals surface area contributed by atoms with Crippen molar-refractivity contribution >= 4 is 17.2 Å². The zero-order valence-electron chi connectivity index (χ0n) is 21.8. The van der Waals surface area contributed by atoms with E-state index in [0.29, 0.717) is 35.7 Å². The molecule has 2 aromatic carbocycles. The zero-order valence-corrected chi connectivity index (χ0v) is 21.8. The molecule has 2 rings (SSSR count). The number of benzene rings is 2. The quantitative estimate of drug-likeness (QED) is 0.331. The molecule has 0 aromatic heterocycles. The van der Waals surface area contributed by atoms with Gasteiger partial charge in [0.15, 0.2) is 0 Å². The third-order valence-corrected chi connectivity index (χ3v) is 5.96. The second kappa shape index (κ2) is 11.7. The monoisotopic (exact) mass is 468 g/mol. The molecule has 0 amide bonds. The van der Waals surface area contributed by atoms with E-state index in [2.05, 4.69) is 46.9 Å². The van der Waals surface area contributed by atoms with E-state index >= 15 is 4.39 Å². The number of carbonyl (C=O) groups is 1. The van der Waals surface area contributed by atoms with Gasteiger partial charge in [-0.25, -0.2) is 4.39 Å². The molecule has 4 nitrogen and oxygen atoms in total. The highest BCUT2D eigenvalue weighted by Gasteiger charge is 2.26. The van der Waals surface area contributed by atoms with E-state index in [0.717, 1.165) is 28.7 Å². The van der Waals surface area contributed by atoms with Crippen molar-refractivity contribution in [2.45, 2.75) is 73.8 Å². The maximum atomic E-state index is 15.6. The van der Waals surface area contributed by atoms with Crippen molar-refractivity contribution in [1.82, 2.24) is 5.32 Å². The highest BCUT2D eigenvalue weighted by Crippen LogP contribution is 2.38. The molecule has 0 aliphatic rings. The second-order valence-electron chi connectivity index (χ2n) is 10.9. The number of carboxylic acid groups (broad SMARTS) is 1. The van der Waals surface area contributed by atoms with Crippen LogP contribution in [0.2, 0.25) is 0 Å². The lowest BCUT2D eigenvalue weighted by Crippen LogP contribution is -2.32. The molecule has 0 aliphatic heterocycles. The fraction of sp³-hybridized carbons (Fsp3) is 0.483. The third kappa shape index (κ3) is 7.69. The summed E-state index contributed by atoms with van der Waals surface area (Å²) in [6.45, 7) is 15.5. The van der Waals surface area contributed by atoms with Crippen LogP contribution in [0.25, 0.3) is 5.57 Å². The number of aryl methyl sites for hydroxylation is 2. The number of hydrogen-bond donors (Lipinski definition) is 3. The van der Waals surface area contributed by atoms with Crippen LogP contribution in [0.15, 0.2) is 42.0 Å². The van der Waals surface area contributed by atoms with E-state index in [1.54, 1.807) is 0 Å². The molecule has 0 spiro atoms. The van der Waals surface area contributed by atoms with Crippen LogP contribution in [0.5, 0.6) is 0 Å². The van der Waals surface area contributed by atoms with E-state index in [-0.39, 0.29) is 23.7 Å². The maximum absolute atomic E-state index is 15.6. The predicted molar refractivity (Wildman–Crippen MR) is 140 cm³/mol. The lowest BCUT2D eigenvalue weighted by molar-refractivity contribution is -0.136. The summed E-state index contributed by atoms with van der Waals surface area (Å²) in [5, 5.41) is 12.7. The smallest absolute Gasteiger partial charge is 0.303 e. The Labute approximate surface area is 204 Å². The first kappa shape index (κ1) is 27.6. The van der Waals surface area contributed by atoms with E-state index in [1.807, 2.05) is 37.3 Å². The first-order chi connectivity index (χ1) is 15.8. The molecule has 1 atom stereocenters. The summed E-state index contributed by atoms with van der Waals surface area (Å²) < 4.78 is 15.6. The summed E-state index contributed by atoms with van der Waals surface area (Å²) in [4.78, 5) is 11.0. The van der Waals surface area contributed by atoms with Crippen LogP contribution in [0.3, 0.4) is 0 Å². The van der Waals surface area contributed by atoms with Crippen molar-refractivity contribution in [3.63, 3.8) is 0 Å². The van der Waals surface area contributed by atoms with Crippen LogP contribution in [0.4, 0.5) is 10.1 Å². The summed E-state index contributed by atoms with van der Waals surface area (Å²) in [7, 11) is 0. The lowest BCUT2D eigenvalue weighted by atomic mass is 9.84. The van der Waals surface area contributed by atoms with Gasteiger partial charge < -0.3 is 16.2 Å². The molecule has 0 bridgehead atoms. The number of anilines is 1. The number of nitrogen functional groups attached to an aromatic ring is 1. The summed E-state index contributed by atoms with van der Waals surface area (Å²) in [5.74, 6) is -0.794. The van der Waals surface area contributed by atoms with Crippen LogP contribution in [-0.2, 0) is 11.2 Å². The molecule has 0 saturated heterocycles. The predicted octanol–water partition coefficient (Wildman–Crippen LogP) is 6.93. The van der Waals surface area contributed by atoms with Crippen molar-refractivity contribution in [2.24, 2.45) is 11.3 Å². The van der Waals surface area contributed by atoms with Gasteiger partial charge in [0.2, 0.25) is 0 Å². The van der Waals surface area contributed by atoms with Crippen molar-refractivity contribution in [3.05, 3.63) is 70.0 Å². The number of hydrogen-bond acceptors (Lipinski definition) is 3. The van der Waals surface area contributed by atoms with Gasteiger partial charge in [-0.05, 0) is 72.4 Å². The molecule has 0 radical (unpaired) electrons. The normalized spacial score (nSPS) is 13.7. The van der Waals surface area contributed by atoms with Crippen LogP contribution < -0.4 is 11.1 Å². The number of aliphatic carboxylic acids is 1. The van der Waals surface area contributed by atoms with Gasteiger partial charge in [0, 0.05) is 29.8 Å². The Kier molecular flexibility index (Phi) is 9.45. The fourth-order valence-corrected chi connectivity index (χ4v) is 4.31. The minimum absolute atomic E-state index is 0.00826. The number of rotatable bonds is 10. The van der Waals surface area contributed by atoms with Crippen LogP contribution in [0, 0.1) is 24.1 Å². The van der Waals surface area contributed by atoms with Crippen molar-refractivity contribution in [1.29, 1.82) is 0 Å². The topological polar surface area (TPSA) is 75.3 Å². The minimum atomic E-state index is -0.885.